The predicted octanol–water partition coefficient (Wildman–Crippen LogP) is 2.70. The molecule has 1 aliphatic heterocycles. The highest BCUT2D eigenvalue weighted by molar-refractivity contribution is 6.08. The number of hydrogen-bond donors (Lipinski definition) is 1. The number of aliphatic hydroxyl groups is 1. The van der Waals surface area contributed by atoms with E-state index in [1.165, 1.54) is 6.92 Å². The van der Waals surface area contributed by atoms with Crippen LogP contribution in [0.3, 0.4) is 0 Å². The number of carbonyl (C=O) groups is 2. The maximum Gasteiger partial charge on any atom is 0.290 e. The van der Waals surface area contributed by atoms with Gasteiger partial charge in [-0.25, -0.2) is 0 Å². The third-order valence-corrected chi connectivity index (χ3v) is 4.57. The van der Waals surface area contributed by atoms with Gasteiger partial charge in [0.1, 0.15) is 0 Å². The molecule has 5 nitrogen and oxygen atoms in total. The monoisotopic (exact) mass is 330 g/mol. The van der Waals surface area contributed by atoms with Crippen molar-refractivity contribution >= 4 is 11.7 Å². The van der Waals surface area contributed by atoms with Crippen LogP contribution < -0.4 is 0 Å². The topological polar surface area (TPSA) is 60.9 Å². The molecule has 0 saturated heterocycles. The molecule has 1 aromatic carbocycles. The van der Waals surface area contributed by atoms with Crippen LogP contribution in [0.1, 0.15) is 38.8 Å². The molecule has 0 saturated carbocycles. The molecule has 0 radical (unpaired) electrons. The molecule has 0 fully saturated rings. The van der Waals surface area contributed by atoms with Crippen LogP contribution in [-0.4, -0.2) is 52.8 Å². The van der Waals surface area contributed by atoms with Crippen molar-refractivity contribution < 1.29 is 14.7 Å². The van der Waals surface area contributed by atoms with E-state index in [4.69, 9.17) is 0 Å². The molecule has 130 valence electrons. The number of carbonyl (C=O) groups excluding carboxylic acids is 2. The van der Waals surface area contributed by atoms with Crippen LogP contribution in [0.25, 0.3) is 0 Å². The zero-order valence-corrected chi connectivity index (χ0v) is 14.7. The maximum atomic E-state index is 12.5. The molecule has 0 bridgehead atoms. The van der Waals surface area contributed by atoms with Crippen molar-refractivity contribution in [2.75, 3.05) is 26.2 Å². The Bertz CT molecular complexity index is 621. The summed E-state index contributed by atoms with van der Waals surface area (Å²) >= 11 is 0. The van der Waals surface area contributed by atoms with E-state index in [2.05, 4.69) is 18.7 Å². The summed E-state index contributed by atoms with van der Waals surface area (Å²) in [7, 11) is 0. The van der Waals surface area contributed by atoms with Gasteiger partial charge in [-0.1, -0.05) is 44.2 Å². The summed E-state index contributed by atoms with van der Waals surface area (Å²) in [6.07, 6.45) is 0.801. The van der Waals surface area contributed by atoms with Gasteiger partial charge in [-0.2, -0.15) is 0 Å². The lowest BCUT2D eigenvalue weighted by Crippen LogP contribution is -2.34. The van der Waals surface area contributed by atoms with Crippen LogP contribution in [-0.2, 0) is 9.59 Å². The van der Waals surface area contributed by atoms with E-state index in [-0.39, 0.29) is 11.4 Å². The minimum atomic E-state index is -0.493. The molecule has 24 heavy (non-hydrogen) atoms. The molecule has 1 unspecified atom stereocenters. The van der Waals surface area contributed by atoms with Gasteiger partial charge in [-0.05, 0) is 38.5 Å². The summed E-state index contributed by atoms with van der Waals surface area (Å²) in [4.78, 5) is 28.4. The lowest BCUT2D eigenvalue weighted by Gasteiger charge is -2.27. The second kappa shape index (κ2) is 8.11. The predicted molar refractivity (Wildman–Crippen MR) is 93.6 cm³/mol. The van der Waals surface area contributed by atoms with E-state index < -0.39 is 17.7 Å². The summed E-state index contributed by atoms with van der Waals surface area (Å²) in [6.45, 7) is 8.94. The van der Waals surface area contributed by atoms with Crippen LogP contribution in [0.15, 0.2) is 41.7 Å². The molecule has 1 N–H and O–H groups in total. The minimum absolute atomic E-state index is 0.203. The molecule has 0 aromatic heterocycles. The van der Waals surface area contributed by atoms with Gasteiger partial charge in [-0.15, -0.1) is 0 Å². The van der Waals surface area contributed by atoms with Crippen molar-refractivity contribution in [2.24, 2.45) is 0 Å². The van der Waals surface area contributed by atoms with Crippen molar-refractivity contribution in [3.05, 3.63) is 47.2 Å². The van der Waals surface area contributed by atoms with Crippen molar-refractivity contribution in [3.8, 4) is 0 Å². The number of nitrogens with zero attached hydrogens (tertiary/aromatic N) is 2. The Labute approximate surface area is 143 Å². The average molecular weight is 330 g/mol. The van der Waals surface area contributed by atoms with Crippen LogP contribution in [0.5, 0.6) is 0 Å². The second-order valence-electron chi connectivity index (χ2n) is 6.01. The third-order valence-electron chi connectivity index (χ3n) is 4.57. The van der Waals surface area contributed by atoms with Gasteiger partial charge in [0.25, 0.3) is 5.91 Å². The van der Waals surface area contributed by atoms with E-state index in [0.717, 1.165) is 31.6 Å². The Balaban J connectivity index is 2.23. The van der Waals surface area contributed by atoms with Crippen LogP contribution in [0, 0.1) is 0 Å². The first-order valence-corrected chi connectivity index (χ1v) is 8.53. The fraction of sp³-hybridized carbons (Fsp3) is 0.474. The van der Waals surface area contributed by atoms with Crippen LogP contribution in [0.2, 0.25) is 0 Å². The van der Waals surface area contributed by atoms with Crippen molar-refractivity contribution in [1.82, 2.24) is 9.80 Å². The van der Waals surface area contributed by atoms with Crippen LogP contribution >= 0.6 is 0 Å². The first-order chi connectivity index (χ1) is 11.5. The number of amides is 1. The fourth-order valence-electron chi connectivity index (χ4n) is 3.23. The largest absolute Gasteiger partial charge is 0.503 e. The summed E-state index contributed by atoms with van der Waals surface area (Å²) in [6, 6.07) is 8.92. The molecular weight excluding hydrogens is 304 g/mol. The molecule has 2 rings (SSSR count). The molecule has 0 aliphatic carbocycles. The first kappa shape index (κ1) is 18.2. The molecule has 1 aromatic rings. The molecular formula is C19H26N2O3. The maximum absolute atomic E-state index is 12.5. The number of Topliss-reactive ketones (excluding diaryl/α,β-unsaturated/α-hetero) is 1. The van der Waals surface area contributed by atoms with Gasteiger partial charge in [0.15, 0.2) is 11.5 Å². The summed E-state index contributed by atoms with van der Waals surface area (Å²) in [5, 5.41) is 10.2. The quantitative estimate of drug-likeness (QED) is 0.796. The van der Waals surface area contributed by atoms with Crippen molar-refractivity contribution in [2.45, 2.75) is 33.2 Å². The van der Waals surface area contributed by atoms with Gasteiger partial charge < -0.3 is 14.9 Å². The molecule has 0 spiro atoms. The molecule has 1 aliphatic rings. The molecule has 1 amide bonds. The highest BCUT2D eigenvalue weighted by atomic mass is 16.3. The number of aliphatic hydroxyl groups excluding tert-OH is 1. The van der Waals surface area contributed by atoms with E-state index in [0.29, 0.717) is 6.54 Å². The van der Waals surface area contributed by atoms with Gasteiger partial charge in [-0.3, -0.25) is 9.59 Å². The number of hydrogen-bond acceptors (Lipinski definition) is 4. The van der Waals surface area contributed by atoms with Gasteiger partial charge >= 0.3 is 0 Å². The van der Waals surface area contributed by atoms with E-state index in [9.17, 15) is 14.7 Å². The van der Waals surface area contributed by atoms with Crippen LogP contribution in [0.4, 0.5) is 0 Å². The zero-order valence-electron chi connectivity index (χ0n) is 14.7. The summed E-state index contributed by atoms with van der Waals surface area (Å²) in [5.41, 5.74) is 1.05. The first-order valence-electron chi connectivity index (χ1n) is 8.53. The zero-order chi connectivity index (χ0) is 17.7. The fourth-order valence-corrected chi connectivity index (χ4v) is 3.23. The lowest BCUT2D eigenvalue weighted by molar-refractivity contribution is -0.129. The third kappa shape index (κ3) is 3.67. The Morgan fingerprint density at radius 3 is 2.38 bits per heavy atom. The SMILES string of the molecule is CCN(CC)CCCN1C(=O)C(O)=C(C(C)=O)C1c1ccccc1. The van der Waals surface area contributed by atoms with Crippen molar-refractivity contribution in [3.63, 3.8) is 0 Å². The van der Waals surface area contributed by atoms with E-state index >= 15 is 0 Å². The smallest absolute Gasteiger partial charge is 0.290 e. The minimum Gasteiger partial charge on any atom is -0.503 e. The molecule has 1 heterocycles. The number of benzene rings is 1. The van der Waals surface area contributed by atoms with Gasteiger partial charge in [0.2, 0.25) is 0 Å². The molecule has 5 heteroatoms. The Morgan fingerprint density at radius 2 is 1.83 bits per heavy atom. The number of rotatable bonds is 8. The van der Waals surface area contributed by atoms with Gasteiger partial charge in [0, 0.05) is 6.54 Å². The highest BCUT2D eigenvalue weighted by Crippen LogP contribution is 2.37. The Hall–Kier alpha value is -2.14. The average Bonchev–Trinajstić information content (AvgIpc) is 2.84. The lowest BCUT2D eigenvalue weighted by atomic mass is 9.97. The van der Waals surface area contributed by atoms with E-state index in [1.807, 2.05) is 30.3 Å². The normalized spacial score (nSPS) is 17.9. The second-order valence-corrected chi connectivity index (χ2v) is 6.01. The van der Waals surface area contributed by atoms with Crippen molar-refractivity contribution in [1.29, 1.82) is 0 Å². The van der Waals surface area contributed by atoms with E-state index in [1.54, 1.807) is 4.90 Å². The standard InChI is InChI=1S/C19H26N2O3/c1-4-20(5-2)12-9-13-21-17(15-10-7-6-8-11-15)16(14(3)22)18(23)19(21)24/h6-8,10-11,17,23H,4-5,9,12-13H2,1-3H3. The van der Waals surface area contributed by atoms with Gasteiger partial charge in [0.05, 0.1) is 11.6 Å². The summed E-state index contributed by atoms with van der Waals surface area (Å²) in [5.74, 6) is -1.12. The summed E-state index contributed by atoms with van der Waals surface area (Å²) < 4.78 is 0. The molecule has 1 atom stereocenters. The Morgan fingerprint density at radius 1 is 1.21 bits per heavy atom. The Kier molecular flexibility index (Phi) is 6.15. The highest BCUT2D eigenvalue weighted by Gasteiger charge is 2.41. The number of ketones is 1.